The van der Waals surface area contributed by atoms with Gasteiger partial charge >= 0.3 is 17.1 Å². The van der Waals surface area contributed by atoms with E-state index in [1.165, 1.54) is 0 Å². The average molecular weight is 1080 g/mol. The van der Waals surface area contributed by atoms with Crippen molar-refractivity contribution >= 4 is 28.1 Å². The molecule has 0 spiro atoms. The molecule has 6 aromatic rings. The van der Waals surface area contributed by atoms with E-state index in [9.17, 15) is 0 Å². The van der Waals surface area contributed by atoms with E-state index in [0.717, 1.165) is 156 Å². The second-order valence-electron chi connectivity index (χ2n) is 19.7. The first-order chi connectivity index (χ1) is 37.6. The summed E-state index contributed by atoms with van der Waals surface area (Å²) in [5, 5.41) is 1.65. The Kier molecular flexibility index (Phi) is 21.9. The molecule has 0 N–H and O–H groups in total. The molecule has 0 amide bonds. The number of nitrogens with zero attached hydrogens (tertiary/aromatic N) is 8. The number of hydrogen-bond donors (Lipinski definition) is 0. The Morgan fingerprint density at radius 1 is 0.455 bits per heavy atom. The number of rotatable bonds is 28. The Balaban J connectivity index is 0.00000784. The number of aliphatic imine (C=N–C) groups is 2. The summed E-state index contributed by atoms with van der Waals surface area (Å²) in [5.74, 6) is -0.245. The first-order valence-corrected chi connectivity index (χ1v) is 28.2. The maximum absolute atomic E-state index is 6.18. The Labute approximate surface area is 466 Å². The quantitative estimate of drug-likeness (QED) is 0.0288. The predicted molar refractivity (Wildman–Crippen MR) is 298 cm³/mol. The van der Waals surface area contributed by atoms with Crippen LogP contribution >= 0.6 is 0 Å². The molecule has 2 atom stereocenters. The van der Waals surface area contributed by atoms with Crippen LogP contribution in [0.4, 0.5) is 0 Å². The average Bonchev–Trinajstić information content (AvgIpc) is 4.36. The molecule has 3 aliphatic rings. The van der Waals surface area contributed by atoms with Crippen LogP contribution < -0.4 is 38.9 Å². The Hall–Kier alpha value is -6.18. The summed E-state index contributed by atoms with van der Waals surface area (Å²) in [4.78, 5) is 22.8. The van der Waals surface area contributed by atoms with Gasteiger partial charge in [-0.2, -0.15) is 18.3 Å². The van der Waals surface area contributed by atoms with E-state index in [1.807, 2.05) is 0 Å². The van der Waals surface area contributed by atoms with E-state index in [4.69, 9.17) is 38.9 Å². The van der Waals surface area contributed by atoms with Crippen molar-refractivity contribution in [1.82, 2.24) is 9.97 Å². The molecule has 0 aromatic carbocycles. The topological polar surface area (TPSA) is 105 Å². The first kappa shape index (κ1) is 57.0. The molecule has 12 nitrogen and oxygen atoms in total. The molecule has 0 fully saturated rings. The van der Waals surface area contributed by atoms with Gasteiger partial charge in [0, 0.05) is 75.0 Å². The molecule has 9 rings (SSSR count). The van der Waals surface area contributed by atoms with Gasteiger partial charge in [-0.15, -0.1) is 22.1 Å². The minimum atomic E-state index is -0.293. The van der Waals surface area contributed by atoms with E-state index in [1.54, 1.807) is 0 Å². The molecule has 0 aliphatic carbocycles. The van der Waals surface area contributed by atoms with Crippen molar-refractivity contribution < 1.29 is 54.3 Å². The van der Waals surface area contributed by atoms with E-state index >= 15 is 0 Å². The third-order valence-electron chi connectivity index (χ3n) is 14.2. The van der Waals surface area contributed by atoms with Crippen LogP contribution in [0.5, 0.6) is 0 Å². The maximum atomic E-state index is 6.18. The first-order valence-electron chi connectivity index (χ1n) is 28.2. The summed E-state index contributed by atoms with van der Waals surface area (Å²) in [6, 6.07) is 34.0. The number of fused-ring (bicyclic) bond motifs is 6. The van der Waals surface area contributed by atoms with Gasteiger partial charge in [-0.3, -0.25) is 4.99 Å². The molecule has 9 heterocycles. The van der Waals surface area contributed by atoms with Crippen LogP contribution in [0.3, 0.4) is 0 Å². The number of pyridine rings is 4. The number of allylic oxidation sites excluding steroid dienone is 3. The smallest absolute Gasteiger partial charge is 0.660 e. The van der Waals surface area contributed by atoms with Crippen LogP contribution in [0, 0.1) is 0 Å². The fourth-order valence-electron chi connectivity index (χ4n) is 10.1. The number of aromatic nitrogens is 6. The van der Waals surface area contributed by atoms with Crippen LogP contribution in [-0.4, -0.2) is 70.3 Å². The third kappa shape index (κ3) is 14.3. The van der Waals surface area contributed by atoms with Gasteiger partial charge in [0.1, 0.15) is 26.4 Å². The van der Waals surface area contributed by atoms with Crippen LogP contribution in [0.25, 0.3) is 16.7 Å². The van der Waals surface area contributed by atoms with Crippen molar-refractivity contribution in [2.45, 2.75) is 117 Å². The molecule has 2 unspecified atom stereocenters. The van der Waals surface area contributed by atoms with Gasteiger partial charge < -0.3 is 28.9 Å². The van der Waals surface area contributed by atoms with E-state index in [-0.39, 0.29) is 29.0 Å². The van der Waals surface area contributed by atoms with Crippen molar-refractivity contribution in [3.05, 3.63) is 197 Å². The number of hydrogen-bond acceptors (Lipinski definition) is 6. The molecule has 3 aliphatic heterocycles. The molecule has 13 heteroatoms. The third-order valence-corrected chi connectivity index (χ3v) is 14.2. The predicted octanol–water partition coefficient (Wildman–Crippen LogP) is 7.41. The summed E-state index contributed by atoms with van der Waals surface area (Å²) in [5.41, 5.74) is 11.2. The van der Waals surface area contributed by atoms with E-state index in [2.05, 4.69) is 192 Å². The summed E-state index contributed by atoms with van der Waals surface area (Å²) < 4.78 is 33.9. The zero-order valence-electron chi connectivity index (χ0n) is 45.7. The summed E-state index contributed by atoms with van der Waals surface area (Å²) in [6.45, 7) is 16.9. The van der Waals surface area contributed by atoms with Crippen molar-refractivity contribution in [2.24, 2.45) is 9.98 Å². The van der Waals surface area contributed by atoms with Crippen LogP contribution in [0.15, 0.2) is 162 Å². The van der Waals surface area contributed by atoms with Gasteiger partial charge in [0.15, 0.2) is 56.7 Å². The summed E-state index contributed by atoms with van der Waals surface area (Å²) in [6.07, 6.45) is 25.9. The van der Waals surface area contributed by atoms with Gasteiger partial charge in [-0.05, 0) is 62.1 Å². The molecule has 401 valence electrons. The van der Waals surface area contributed by atoms with E-state index in [0.29, 0.717) is 52.6 Å². The number of unbranched alkanes of at least 4 members (excludes halogenated alkanes) is 4. The Morgan fingerprint density at radius 3 is 1.44 bits per heavy atom. The van der Waals surface area contributed by atoms with Gasteiger partial charge in [0.25, 0.3) is 0 Å². The van der Waals surface area contributed by atoms with Gasteiger partial charge in [-0.1, -0.05) is 89.8 Å². The SMILES string of the molecule is CCCCOCC[n+]1ccccc1/C1=c2\cc/c([n-]2)=C(\c2cccc[n+]2CCOCCCC)C2=NC(C=C2)C(c2cccc[n+]2CCOCCCC)c2ccc([n-]2)/C(c2cccc[n+]2CCOCCCC)=C2/C=CC1=N2.[Mn+2]. The molecular weight excluding hydrogens is 1000 g/mol. The fourth-order valence-corrected chi connectivity index (χ4v) is 10.1. The minimum Gasteiger partial charge on any atom is -0.660 e. The van der Waals surface area contributed by atoms with Crippen molar-refractivity contribution in [3.8, 4) is 0 Å². The molecule has 1 radical (unpaired) electrons. The normalized spacial score (nSPS) is 18.2. The molecule has 8 bridgehead atoms. The summed E-state index contributed by atoms with van der Waals surface area (Å²) in [7, 11) is 0. The molecular formula is C64H78MnN8O4+4. The minimum absolute atomic E-state index is 0. The molecule has 0 saturated carbocycles. The van der Waals surface area contributed by atoms with Crippen LogP contribution in [0.1, 0.15) is 119 Å². The standard InChI is InChI=1S/C64H78N8O4.Mn/c1-5-9-41-73-45-37-69-33-17-13-21-57(69)61-49-25-27-51(65-49)62(58-22-14-18-34-70(58)38-46-74-42-10-6-2)53-29-31-55(67-53)64(60-24-16-20-36-72(60)40-48-76-44-12-8-4)56-32-30-54(68-56)63(52-28-26-50(61)66-52)59-23-15-19-35-71(59)39-47-75-43-11-7-3;/h13-36,49,61H,5-12,37-48H2,1-4H3;/q2*+2. The zero-order valence-corrected chi connectivity index (χ0v) is 46.9. The van der Waals surface area contributed by atoms with Crippen molar-refractivity contribution in [2.75, 3.05) is 52.9 Å². The molecule has 0 saturated heterocycles. The van der Waals surface area contributed by atoms with Crippen LogP contribution in [-0.2, 0) is 62.2 Å². The molecule has 6 aromatic heterocycles. The fraction of sp³-hybridized carbons (Fsp3) is 0.406. The Morgan fingerprint density at radius 2 is 0.922 bits per heavy atom. The monoisotopic (exact) mass is 1080 g/mol. The van der Waals surface area contributed by atoms with Gasteiger partial charge in [-0.25, -0.2) is 4.99 Å². The maximum Gasteiger partial charge on any atom is 2.00 e. The molecule has 77 heavy (non-hydrogen) atoms. The zero-order chi connectivity index (χ0) is 52.3. The number of ether oxygens (including phenoxy) is 4. The second-order valence-corrected chi connectivity index (χ2v) is 19.7. The van der Waals surface area contributed by atoms with E-state index < -0.39 is 0 Å². The summed E-state index contributed by atoms with van der Waals surface area (Å²) >= 11 is 0. The van der Waals surface area contributed by atoms with Gasteiger partial charge in [0.2, 0.25) is 17.1 Å². The second kappa shape index (κ2) is 29.5. The van der Waals surface area contributed by atoms with Gasteiger partial charge in [0.05, 0.1) is 45.8 Å². The Bertz CT molecular complexity index is 3170. The largest absolute Gasteiger partial charge is 2.00 e. The van der Waals surface area contributed by atoms with Crippen LogP contribution in [0.2, 0.25) is 0 Å². The van der Waals surface area contributed by atoms with Crippen molar-refractivity contribution in [1.29, 1.82) is 0 Å². The van der Waals surface area contributed by atoms with Crippen molar-refractivity contribution in [3.63, 3.8) is 0 Å².